The van der Waals surface area contributed by atoms with E-state index in [9.17, 15) is 19.5 Å². The number of allylic oxidation sites excluding steroid dienone is 2. The summed E-state index contributed by atoms with van der Waals surface area (Å²) in [4.78, 5) is 41.7. The number of hydrogen-bond donors (Lipinski definition) is 1. The average Bonchev–Trinajstić information content (AvgIpc) is 3.38. The van der Waals surface area contributed by atoms with E-state index in [1.807, 2.05) is 11.0 Å². The summed E-state index contributed by atoms with van der Waals surface area (Å²) < 4.78 is 5.42. The molecule has 3 rings (SSSR count). The van der Waals surface area contributed by atoms with Crippen molar-refractivity contribution in [3.05, 3.63) is 12.2 Å². The summed E-state index contributed by atoms with van der Waals surface area (Å²) in [5, 5.41) is 9.52. The normalized spacial score (nSPS) is 29.5. The van der Waals surface area contributed by atoms with E-state index in [-0.39, 0.29) is 49.5 Å². The number of fused-ring (bicyclic) bond motifs is 1. The predicted molar refractivity (Wildman–Crippen MR) is 108 cm³/mol. The third kappa shape index (κ3) is 5.81. The number of aliphatic hydroxyl groups is 1. The molecule has 0 spiro atoms. The topological polar surface area (TPSA) is 87.2 Å². The highest BCUT2D eigenvalue weighted by atomic mass is 16.5. The molecule has 2 fully saturated rings. The monoisotopic (exact) mass is 406 g/mol. The van der Waals surface area contributed by atoms with Crippen LogP contribution in [0, 0.1) is 5.92 Å². The highest BCUT2D eigenvalue weighted by molar-refractivity contribution is 5.86. The summed E-state index contributed by atoms with van der Waals surface area (Å²) >= 11 is 0. The van der Waals surface area contributed by atoms with Gasteiger partial charge in [-0.1, -0.05) is 12.2 Å². The van der Waals surface area contributed by atoms with Crippen molar-refractivity contribution in [1.82, 2.24) is 9.80 Å². The highest BCUT2D eigenvalue weighted by Gasteiger charge is 2.36. The van der Waals surface area contributed by atoms with Crippen LogP contribution >= 0.6 is 0 Å². The molecule has 0 bridgehead atoms. The maximum absolute atomic E-state index is 13.3. The van der Waals surface area contributed by atoms with Crippen molar-refractivity contribution >= 4 is 17.8 Å². The fourth-order valence-corrected chi connectivity index (χ4v) is 4.66. The Bertz CT molecular complexity index is 620. The van der Waals surface area contributed by atoms with Crippen molar-refractivity contribution in [2.75, 3.05) is 26.3 Å². The second kappa shape index (κ2) is 10.8. The predicted octanol–water partition coefficient (Wildman–Crippen LogP) is 2.03. The molecule has 3 heterocycles. The lowest BCUT2D eigenvalue weighted by molar-refractivity contribution is -0.149. The van der Waals surface area contributed by atoms with E-state index in [1.54, 1.807) is 4.90 Å². The van der Waals surface area contributed by atoms with Gasteiger partial charge in [0.1, 0.15) is 6.61 Å². The lowest BCUT2D eigenvalue weighted by Gasteiger charge is -2.30. The van der Waals surface area contributed by atoms with Crippen LogP contribution in [0.5, 0.6) is 0 Å². The quantitative estimate of drug-likeness (QED) is 0.572. The fourth-order valence-electron chi connectivity index (χ4n) is 4.66. The maximum Gasteiger partial charge on any atom is 0.305 e. The van der Waals surface area contributed by atoms with Gasteiger partial charge in [-0.2, -0.15) is 0 Å². The summed E-state index contributed by atoms with van der Waals surface area (Å²) in [6, 6.07) is -0.210. The molecular formula is C22H34N2O5. The molecule has 3 unspecified atom stereocenters. The summed E-state index contributed by atoms with van der Waals surface area (Å²) in [6.07, 6.45) is 11.2. The van der Waals surface area contributed by atoms with Gasteiger partial charge in [0.15, 0.2) is 0 Å². The molecule has 0 aromatic rings. The first-order valence-electron chi connectivity index (χ1n) is 11.1. The molecule has 162 valence electrons. The van der Waals surface area contributed by atoms with Crippen LogP contribution < -0.4 is 0 Å². The molecule has 0 radical (unpaired) electrons. The van der Waals surface area contributed by atoms with Crippen molar-refractivity contribution in [2.45, 2.75) is 76.3 Å². The van der Waals surface area contributed by atoms with Crippen molar-refractivity contribution in [1.29, 1.82) is 0 Å². The number of rotatable bonds is 3. The van der Waals surface area contributed by atoms with Gasteiger partial charge in [0.2, 0.25) is 11.8 Å². The van der Waals surface area contributed by atoms with Crippen molar-refractivity contribution in [2.24, 2.45) is 5.92 Å². The number of hydrogen-bond acceptors (Lipinski definition) is 5. The van der Waals surface area contributed by atoms with E-state index in [0.29, 0.717) is 25.9 Å². The van der Waals surface area contributed by atoms with Gasteiger partial charge in [0, 0.05) is 25.9 Å². The average molecular weight is 407 g/mol. The Kier molecular flexibility index (Phi) is 8.09. The second-order valence-electron chi connectivity index (χ2n) is 8.43. The number of esters is 1. The van der Waals surface area contributed by atoms with Gasteiger partial charge >= 0.3 is 5.97 Å². The second-order valence-corrected chi connectivity index (χ2v) is 8.43. The third-order valence-electron chi connectivity index (χ3n) is 6.36. The molecule has 2 amide bonds. The van der Waals surface area contributed by atoms with Gasteiger partial charge in [-0.05, 0) is 51.4 Å². The lowest BCUT2D eigenvalue weighted by Crippen LogP contribution is -2.44. The van der Waals surface area contributed by atoms with Crippen LogP contribution in [0.2, 0.25) is 0 Å². The Morgan fingerprint density at radius 1 is 1.10 bits per heavy atom. The Morgan fingerprint density at radius 3 is 2.76 bits per heavy atom. The first-order chi connectivity index (χ1) is 14.1. The number of nitrogens with zero attached hydrogens (tertiary/aromatic N) is 2. The molecule has 3 aliphatic rings. The summed E-state index contributed by atoms with van der Waals surface area (Å²) in [5.74, 6) is -0.658. The summed E-state index contributed by atoms with van der Waals surface area (Å²) in [5.41, 5.74) is 0. The minimum absolute atomic E-state index is 0.0154. The zero-order valence-electron chi connectivity index (χ0n) is 17.3. The van der Waals surface area contributed by atoms with Gasteiger partial charge in [0.25, 0.3) is 0 Å². The van der Waals surface area contributed by atoms with Crippen LogP contribution in [-0.2, 0) is 19.1 Å². The first-order valence-corrected chi connectivity index (χ1v) is 11.1. The van der Waals surface area contributed by atoms with E-state index in [0.717, 1.165) is 44.9 Å². The van der Waals surface area contributed by atoms with Crippen LogP contribution in [0.15, 0.2) is 12.2 Å². The summed E-state index contributed by atoms with van der Waals surface area (Å²) in [6.45, 7) is 1.53. The van der Waals surface area contributed by atoms with Crippen LogP contribution in [-0.4, -0.2) is 71.1 Å². The highest BCUT2D eigenvalue weighted by Crippen LogP contribution is 2.26. The van der Waals surface area contributed by atoms with E-state index in [2.05, 4.69) is 6.08 Å². The first kappa shape index (κ1) is 21.8. The van der Waals surface area contributed by atoms with Crippen molar-refractivity contribution in [3.8, 4) is 0 Å². The van der Waals surface area contributed by atoms with Gasteiger partial charge in [0.05, 0.1) is 24.6 Å². The molecule has 3 atom stereocenters. The molecular weight excluding hydrogens is 372 g/mol. The smallest absolute Gasteiger partial charge is 0.305 e. The zero-order chi connectivity index (χ0) is 20.6. The van der Waals surface area contributed by atoms with Crippen LogP contribution in [0.4, 0.5) is 0 Å². The minimum Gasteiger partial charge on any atom is -0.463 e. The lowest BCUT2D eigenvalue weighted by atomic mass is 9.97. The number of carbonyl (C=O) groups is 3. The SMILES string of the molecule is O=C1CCCCC=CCC(CC(=O)N2CCCC2CO)C(=O)N2CCCC2CO1. The number of cyclic esters (lactones) is 1. The van der Waals surface area contributed by atoms with E-state index < -0.39 is 5.92 Å². The number of carbonyl (C=O) groups excluding carboxylic acids is 3. The third-order valence-corrected chi connectivity index (χ3v) is 6.36. The molecule has 0 aliphatic carbocycles. The molecule has 7 nitrogen and oxygen atoms in total. The maximum atomic E-state index is 13.3. The van der Waals surface area contributed by atoms with E-state index in [4.69, 9.17) is 4.74 Å². The molecule has 1 N–H and O–H groups in total. The van der Waals surface area contributed by atoms with Gasteiger partial charge in [-0.3, -0.25) is 14.4 Å². The zero-order valence-corrected chi connectivity index (χ0v) is 17.3. The van der Waals surface area contributed by atoms with Crippen LogP contribution in [0.1, 0.15) is 64.2 Å². The molecule has 0 aromatic carbocycles. The largest absolute Gasteiger partial charge is 0.463 e. The Balaban J connectivity index is 1.71. The van der Waals surface area contributed by atoms with Gasteiger partial charge in [-0.15, -0.1) is 0 Å². The molecule has 3 aliphatic heterocycles. The Hall–Kier alpha value is -1.89. The minimum atomic E-state index is -0.405. The standard InChI is InChI=1S/C22H34N2O5/c25-15-18-9-6-12-23(18)20(26)14-17-8-4-2-1-3-5-11-21(27)29-16-19-10-7-13-24(19)22(17)28/h2,4,17-19,25H,1,3,5-16H2. The number of aliphatic hydroxyl groups excluding tert-OH is 1. The summed E-state index contributed by atoms with van der Waals surface area (Å²) in [7, 11) is 0. The molecule has 29 heavy (non-hydrogen) atoms. The van der Waals surface area contributed by atoms with Crippen LogP contribution in [0.25, 0.3) is 0 Å². The van der Waals surface area contributed by atoms with Gasteiger partial charge < -0.3 is 19.6 Å². The Labute approximate surface area is 173 Å². The number of amides is 2. The number of likely N-dealkylation sites (tertiary alicyclic amines) is 1. The molecule has 0 aromatic heterocycles. The molecule has 2 saturated heterocycles. The van der Waals surface area contributed by atoms with Gasteiger partial charge in [-0.25, -0.2) is 0 Å². The van der Waals surface area contributed by atoms with E-state index in [1.165, 1.54) is 0 Å². The number of ether oxygens (including phenoxy) is 1. The Morgan fingerprint density at radius 2 is 1.93 bits per heavy atom. The molecule has 7 heteroatoms. The van der Waals surface area contributed by atoms with Crippen molar-refractivity contribution < 1.29 is 24.2 Å². The van der Waals surface area contributed by atoms with Crippen molar-refractivity contribution in [3.63, 3.8) is 0 Å². The van der Waals surface area contributed by atoms with Crippen LogP contribution in [0.3, 0.4) is 0 Å². The van der Waals surface area contributed by atoms with E-state index >= 15 is 0 Å². The fraction of sp³-hybridized carbons (Fsp3) is 0.773. The molecule has 0 saturated carbocycles.